The molecule has 5 heteroatoms. The normalized spacial score (nSPS) is 28.0. The van der Waals surface area contributed by atoms with E-state index in [1.54, 1.807) is 6.07 Å². The number of benzene rings is 1. The Hall–Kier alpha value is -1.13. The van der Waals surface area contributed by atoms with Crippen molar-refractivity contribution in [2.45, 2.75) is 32.1 Å². The summed E-state index contributed by atoms with van der Waals surface area (Å²) in [6, 6.07) is 4.32. The Morgan fingerprint density at radius 3 is 2.82 bits per heavy atom. The Bertz CT molecular complexity index is 551. The van der Waals surface area contributed by atoms with Crippen LogP contribution in [-0.4, -0.2) is 25.5 Å². The van der Waals surface area contributed by atoms with Gasteiger partial charge in [-0.1, -0.05) is 24.4 Å². The summed E-state index contributed by atoms with van der Waals surface area (Å²) in [4.78, 5) is 13.5. The van der Waals surface area contributed by atoms with Gasteiger partial charge in [0.25, 0.3) is 5.91 Å². The van der Waals surface area contributed by atoms with E-state index in [1.165, 1.54) is 49.1 Å². The minimum absolute atomic E-state index is 0.120. The summed E-state index contributed by atoms with van der Waals surface area (Å²) in [6.45, 7) is 2.56. The smallest absolute Gasteiger partial charge is 0.279 e. The second kappa shape index (κ2) is 6.97. The summed E-state index contributed by atoms with van der Waals surface area (Å²) in [5.74, 6) is 1.04. The molecule has 1 aromatic rings. The number of hydrogen-bond acceptors (Lipinski definition) is 1. The van der Waals surface area contributed by atoms with E-state index < -0.39 is 5.82 Å². The lowest BCUT2D eigenvalue weighted by Crippen LogP contribution is -3.15. The fourth-order valence-electron chi connectivity index (χ4n) is 3.97. The number of carbonyl (C=O) groups is 1. The van der Waals surface area contributed by atoms with E-state index in [9.17, 15) is 9.18 Å². The molecule has 1 aliphatic carbocycles. The highest BCUT2D eigenvalue weighted by molar-refractivity contribution is 6.30. The van der Waals surface area contributed by atoms with Crippen LogP contribution in [0, 0.1) is 17.7 Å². The number of likely N-dealkylation sites (tertiary alicyclic amines) is 1. The molecule has 1 aromatic carbocycles. The molecule has 1 saturated heterocycles. The van der Waals surface area contributed by atoms with E-state index in [4.69, 9.17) is 11.6 Å². The lowest BCUT2D eigenvalue weighted by molar-refractivity contribution is -0.902. The van der Waals surface area contributed by atoms with Crippen LogP contribution in [0.25, 0.3) is 0 Å². The monoisotopic (exact) mass is 325 g/mol. The van der Waals surface area contributed by atoms with Gasteiger partial charge in [0.05, 0.1) is 18.8 Å². The summed E-state index contributed by atoms with van der Waals surface area (Å²) < 4.78 is 13.7. The van der Waals surface area contributed by atoms with Crippen LogP contribution in [0.3, 0.4) is 0 Å². The average molecular weight is 326 g/mol. The highest BCUT2D eigenvalue weighted by atomic mass is 35.5. The molecule has 0 aromatic heterocycles. The SMILES string of the molecule is O=C(C[NH+]1CC[C@@H]2CCCC[C@@H]2C1)Nc1ccc(Cl)cc1F. The first-order chi connectivity index (χ1) is 10.6. The van der Waals surface area contributed by atoms with Crippen LogP contribution in [-0.2, 0) is 4.79 Å². The predicted octanol–water partition coefficient (Wildman–Crippen LogP) is 2.51. The molecule has 1 aliphatic heterocycles. The molecule has 1 saturated carbocycles. The Balaban J connectivity index is 1.53. The Labute approximate surface area is 135 Å². The molecule has 3 rings (SSSR count). The maximum absolute atomic E-state index is 13.7. The van der Waals surface area contributed by atoms with Crippen molar-refractivity contribution in [1.29, 1.82) is 0 Å². The number of quaternary nitrogens is 1. The van der Waals surface area contributed by atoms with E-state index in [1.807, 2.05) is 0 Å². The van der Waals surface area contributed by atoms with Gasteiger partial charge in [0.2, 0.25) is 0 Å². The topological polar surface area (TPSA) is 33.5 Å². The van der Waals surface area contributed by atoms with Gasteiger partial charge in [-0.3, -0.25) is 4.79 Å². The zero-order valence-electron chi connectivity index (χ0n) is 12.7. The molecular weight excluding hydrogens is 303 g/mol. The molecule has 1 amide bonds. The zero-order chi connectivity index (χ0) is 15.5. The number of nitrogens with one attached hydrogen (secondary N) is 2. The highest BCUT2D eigenvalue weighted by Gasteiger charge is 2.34. The van der Waals surface area contributed by atoms with Gasteiger partial charge >= 0.3 is 0 Å². The van der Waals surface area contributed by atoms with Gasteiger partial charge in [-0.15, -0.1) is 0 Å². The number of anilines is 1. The maximum atomic E-state index is 13.7. The first-order valence-electron chi connectivity index (χ1n) is 8.20. The van der Waals surface area contributed by atoms with Crippen molar-refractivity contribution in [2.75, 3.05) is 25.0 Å². The standard InChI is InChI=1S/C17H22ClFN2O/c18-14-5-6-16(15(19)9-14)20-17(22)11-21-8-7-12-3-1-2-4-13(12)10-21/h5-6,9,12-13H,1-4,7-8,10-11H2,(H,20,22)/p+1/t12-,13+/m0/s1. The van der Waals surface area contributed by atoms with E-state index in [2.05, 4.69) is 5.32 Å². The number of hydrogen-bond donors (Lipinski definition) is 2. The van der Waals surface area contributed by atoms with Crippen LogP contribution in [0.1, 0.15) is 32.1 Å². The van der Waals surface area contributed by atoms with E-state index >= 15 is 0 Å². The number of amides is 1. The van der Waals surface area contributed by atoms with Crippen molar-refractivity contribution in [3.8, 4) is 0 Å². The molecule has 2 aliphatic rings. The molecule has 0 radical (unpaired) electrons. The molecule has 2 fully saturated rings. The van der Waals surface area contributed by atoms with E-state index in [0.717, 1.165) is 24.9 Å². The number of rotatable bonds is 3. The molecule has 1 unspecified atom stereocenters. The summed E-state index contributed by atoms with van der Waals surface area (Å²) in [7, 11) is 0. The van der Waals surface area contributed by atoms with Crippen molar-refractivity contribution < 1.29 is 14.1 Å². The third-order valence-electron chi connectivity index (χ3n) is 5.10. The second-order valence-electron chi connectivity index (χ2n) is 6.65. The van der Waals surface area contributed by atoms with Gasteiger partial charge in [0.1, 0.15) is 5.82 Å². The van der Waals surface area contributed by atoms with Crippen LogP contribution >= 0.6 is 11.6 Å². The summed E-state index contributed by atoms with van der Waals surface area (Å²) >= 11 is 5.72. The molecule has 3 nitrogen and oxygen atoms in total. The molecule has 0 bridgehead atoms. The average Bonchev–Trinajstić information content (AvgIpc) is 2.50. The van der Waals surface area contributed by atoms with Crippen LogP contribution in [0.15, 0.2) is 18.2 Å². The minimum Gasteiger partial charge on any atom is -0.327 e. The predicted molar refractivity (Wildman–Crippen MR) is 85.7 cm³/mol. The van der Waals surface area contributed by atoms with Crippen molar-refractivity contribution in [3.63, 3.8) is 0 Å². The molecule has 2 N–H and O–H groups in total. The largest absolute Gasteiger partial charge is 0.327 e. The highest BCUT2D eigenvalue weighted by Crippen LogP contribution is 2.32. The quantitative estimate of drug-likeness (QED) is 0.879. The van der Waals surface area contributed by atoms with Gasteiger partial charge in [0.15, 0.2) is 6.54 Å². The van der Waals surface area contributed by atoms with Crippen LogP contribution in [0.5, 0.6) is 0 Å². The van der Waals surface area contributed by atoms with Crippen LogP contribution in [0.2, 0.25) is 5.02 Å². The number of halogens is 2. The molecule has 120 valence electrons. The van der Waals surface area contributed by atoms with Crippen molar-refractivity contribution in [3.05, 3.63) is 29.0 Å². The number of piperidine rings is 1. The first-order valence-corrected chi connectivity index (χ1v) is 8.58. The Kier molecular flexibility index (Phi) is 4.99. The lowest BCUT2D eigenvalue weighted by atomic mass is 9.75. The molecule has 1 heterocycles. The molecular formula is C17H23ClFN2O+. The number of fused-ring (bicyclic) bond motifs is 1. The molecule has 0 spiro atoms. The third kappa shape index (κ3) is 3.79. The molecule has 3 atom stereocenters. The van der Waals surface area contributed by atoms with Crippen molar-refractivity contribution in [2.24, 2.45) is 11.8 Å². The van der Waals surface area contributed by atoms with E-state index in [0.29, 0.717) is 11.6 Å². The van der Waals surface area contributed by atoms with Crippen LogP contribution in [0.4, 0.5) is 10.1 Å². The van der Waals surface area contributed by atoms with Gasteiger partial charge in [-0.05, 0) is 43.4 Å². The number of carbonyl (C=O) groups excluding carboxylic acids is 1. The summed E-state index contributed by atoms with van der Waals surface area (Å²) in [6.07, 6.45) is 6.59. The lowest BCUT2D eigenvalue weighted by Gasteiger charge is -2.38. The first kappa shape index (κ1) is 15.8. The third-order valence-corrected chi connectivity index (χ3v) is 5.34. The van der Waals surface area contributed by atoms with Crippen LogP contribution < -0.4 is 10.2 Å². The van der Waals surface area contributed by atoms with Gasteiger partial charge < -0.3 is 10.2 Å². The Morgan fingerprint density at radius 1 is 1.27 bits per heavy atom. The molecule has 22 heavy (non-hydrogen) atoms. The van der Waals surface area contributed by atoms with Gasteiger partial charge in [0, 0.05) is 10.9 Å². The maximum Gasteiger partial charge on any atom is 0.279 e. The van der Waals surface area contributed by atoms with Gasteiger partial charge in [-0.25, -0.2) is 4.39 Å². The minimum atomic E-state index is -0.484. The summed E-state index contributed by atoms with van der Waals surface area (Å²) in [5.41, 5.74) is 0.210. The fraction of sp³-hybridized carbons (Fsp3) is 0.588. The summed E-state index contributed by atoms with van der Waals surface area (Å²) in [5, 5.41) is 3.00. The second-order valence-corrected chi connectivity index (χ2v) is 7.08. The van der Waals surface area contributed by atoms with Crippen molar-refractivity contribution in [1.82, 2.24) is 0 Å². The van der Waals surface area contributed by atoms with Gasteiger partial charge in [-0.2, -0.15) is 0 Å². The zero-order valence-corrected chi connectivity index (χ0v) is 13.5. The fourth-order valence-corrected chi connectivity index (χ4v) is 4.13. The van der Waals surface area contributed by atoms with Crippen molar-refractivity contribution >= 4 is 23.2 Å². The Morgan fingerprint density at radius 2 is 2.05 bits per heavy atom. The van der Waals surface area contributed by atoms with E-state index in [-0.39, 0.29) is 11.6 Å².